The Kier molecular flexibility index (Phi) is 6.75. The Morgan fingerprint density at radius 1 is 1.21 bits per heavy atom. The second kappa shape index (κ2) is 9.03. The number of aliphatic hydroxyl groups is 1. The molecule has 0 saturated carbocycles. The Morgan fingerprint density at radius 3 is 2.67 bits per heavy atom. The fourth-order valence-electron chi connectivity index (χ4n) is 2.48. The van der Waals surface area contributed by atoms with E-state index < -0.39 is 0 Å². The number of halogens is 1. The molecule has 1 atom stereocenters. The molecule has 0 spiro atoms. The SMILES string of the molecule is CC(CC(=O)NCc1ccccc1OCCO)c1ccccc1F. The van der Waals surface area contributed by atoms with Gasteiger partial charge in [0.15, 0.2) is 0 Å². The molecule has 0 bridgehead atoms. The lowest BCUT2D eigenvalue weighted by atomic mass is 9.97. The predicted molar refractivity (Wildman–Crippen MR) is 90.3 cm³/mol. The molecule has 2 rings (SSSR count). The number of hydrogen-bond donors (Lipinski definition) is 2. The summed E-state index contributed by atoms with van der Waals surface area (Å²) in [5.74, 6) is -0.00986. The Hall–Kier alpha value is -2.40. The van der Waals surface area contributed by atoms with E-state index in [1.807, 2.05) is 25.1 Å². The van der Waals surface area contributed by atoms with Gasteiger partial charge in [-0.05, 0) is 23.6 Å². The summed E-state index contributed by atoms with van der Waals surface area (Å²) in [5.41, 5.74) is 1.37. The van der Waals surface area contributed by atoms with Gasteiger partial charge in [-0.25, -0.2) is 4.39 Å². The molecular formula is C19H22FNO3. The largest absolute Gasteiger partial charge is 0.491 e. The molecular weight excluding hydrogens is 309 g/mol. The van der Waals surface area contributed by atoms with Crippen LogP contribution in [0.25, 0.3) is 0 Å². The first kappa shape index (κ1) is 17.9. The fraction of sp³-hybridized carbons (Fsp3) is 0.316. The number of carbonyl (C=O) groups is 1. The van der Waals surface area contributed by atoms with Gasteiger partial charge in [0.1, 0.15) is 18.2 Å². The molecule has 2 aromatic rings. The van der Waals surface area contributed by atoms with Gasteiger partial charge in [0.2, 0.25) is 5.91 Å². The second-order valence-electron chi connectivity index (χ2n) is 5.58. The Morgan fingerprint density at radius 2 is 1.92 bits per heavy atom. The normalized spacial score (nSPS) is 11.8. The van der Waals surface area contributed by atoms with Crippen molar-refractivity contribution in [2.75, 3.05) is 13.2 Å². The third-order valence-electron chi connectivity index (χ3n) is 3.73. The molecule has 0 radical (unpaired) electrons. The van der Waals surface area contributed by atoms with Crippen LogP contribution in [-0.2, 0) is 11.3 Å². The first-order valence-electron chi connectivity index (χ1n) is 7.94. The van der Waals surface area contributed by atoms with Crippen LogP contribution in [0.3, 0.4) is 0 Å². The molecule has 0 aliphatic carbocycles. The maximum atomic E-state index is 13.7. The summed E-state index contributed by atoms with van der Waals surface area (Å²) in [5, 5.41) is 11.7. The predicted octanol–water partition coefficient (Wildman–Crippen LogP) is 3.01. The molecule has 128 valence electrons. The zero-order valence-corrected chi connectivity index (χ0v) is 13.7. The summed E-state index contributed by atoms with van der Waals surface area (Å²) in [6.45, 7) is 2.29. The molecule has 0 fully saturated rings. The summed E-state index contributed by atoms with van der Waals surface area (Å²) in [7, 11) is 0. The first-order chi connectivity index (χ1) is 11.6. The van der Waals surface area contributed by atoms with E-state index >= 15 is 0 Å². The van der Waals surface area contributed by atoms with Crippen LogP contribution in [0.1, 0.15) is 30.4 Å². The van der Waals surface area contributed by atoms with Crippen molar-refractivity contribution >= 4 is 5.91 Å². The molecule has 1 unspecified atom stereocenters. The van der Waals surface area contributed by atoms with Crippen LogP contribution in [0.5, 0.6) is 5.75 Å². The summed E-state index contributed by atoms with van der Waals surface area (Å²) in [6, 6.07) is 13.8. The molecule has 0 saturated heterocycles. The van der Waals surface area contributed by atoms with Crippen molar-refractivity contribution < 1.29 is 19.0 Å². The molecule has 24 heavy (non-hydrogen) atoms. The van der Waals surface area contributed by atoms with Crippen LogP contribution in [0, 0.1) is 5.82 Å². The number of carbonyl (C=O) groups excluding carboxylic acids is 1. The quantitative estimate of drug-likeness (QED) is 0.782. The number of para-hydroxylation sites is 1. The Bertz CT molecular complexity index is 675. The third kappa shape index (κ3) is 5.06. The van der Waals surface area contributed by atoms with E-state index in [2.05, 4.69) is 5.32 Å². The number of benzene rings is 2. The van der Waals surface area contributed by atoms with Crippen molar-refractivity contribution in [3.05, 3.63) is 65.5 Å². The van der Waals surface area contributed by atoms with Crippen LogP contribution in [-0.4, -0.2) is 24.2 Å². The highest BCUT2D eigenvalue weighted by molar-refractivity contribution is 5.76. The monoisotopic (exact) mass is 331 g/mol. The van der Waals surface area contributed by atoms with E-state index in [-0.39, 0.29) is 37.3 Å². The van der Waals surface area contributed by atoms with Crippen LogP contribution >= 0.6 is 0 Å². The van der Waals surface area contributed by atoms with Gasteiger partial charge in [-0.3, -0.25) is 4.79 Å². The number of rotatable bonds is 8. The molecule has 2 aromatic carbocycles. The van der Waals surface area contributed by atoms with Gasteiger partial charge in [-0.1, -0.05) is 43.3 Å². The summed E-state index contributed by atoms with van der Waals surface area (Å²) < 4.78 is 19.2. The van der Waals surface area contributed by atoms with Crippen LogP contribution in [0.2, 0.25) is 0 Å². The molecule has 5 heteroatoms. The third-order valence-corrected chi connectivity index (χ3v) is 3.73. The van der Waals surface area contributed by atoms with E-state index in [0.717, 1.165) is 5.56 Å². The van der Waals surface area contributed by atoms with E-state index in [9.17, 15) is 9.18 Å². The molecule has 0 aromatic heterocycles. The molecule has 1 amide bonds. The Balaban J connectivity index is 1.91. The van der Waals surface area contributed by atoms with Crippen molar-refractivity contribution in [2.45, 2.75) is 25.8 Å². The van der Waals surface area contributed by atoms with Crippen LogP contribution in [0.15, 0.2) is 48.5 Å². The topological polar surface area (TPSA) is 58.6 Å². The van der Waals surface area contributed by atoms with E-state index in [1.54, 1.807) is 24.3 Å². The van der Waals surface area contributed by atoms with Crippen LogP contribution in [0.4, 0.5) is 4.39 Å². The summed E-state index contributed by atoms with van der Waals surface area (Å²) in [4.78, 5) is 12.1. The molecule has 4 nitrogen and oxygen atoms in total. The number of aliphatic hydroxyl groups excluding tert-OH is 1. The van der Waals surface area contributed by atoms with Crippen molar-refractivity contribution in [3.63, 3.8) is 0 Å². The number of amides is 1. The molecule has 0 heterocycles. The Labute approximate surface area is 141 Å². The van der Waals surface area contributed by atoms with Gasteiger partial charge in [0, 0.05) is 18.5 Å². The van der Waals surface area contributed by atoms with E-state index in [0.29, 0.717) is 17.9 Å². The van der Waals surface area contributed by atoms with E-state index in [1.165, 1.54) is 6.07 Å². The van der Waals surface area contributed by atoms with Crippen molar-refractivity contribution in [3.8, 4) is 5.75 Å². The highest BCUT2D eigenvalue weighted by Gasteiger charge is 2.14. The van der Waals surface area contributed by atoms with Gasteiger partial charge < -0.3 is 15.2 Å². The van der Waals surface area contributed by atoms with Gasteiger partial charge >= 0.3 is 0 Å². The minimum absolute atomic E-state index is 0.0686. The summed E-state index contributed by atoms with van der Waals surface area (Å²) >= 11 is 0. The standard InChI is InChI=1S/C19H22FNO3/c1-14(16-7-3-4-8-17(16)20)12-19(23)21-13-15-6-2-5-9-18(15)24-11-10-22/h2-9,14,22H,10-13H2,1H3,(H,21,23). The average Bonchev–Trinajstić information content (AvgIpc) is 2.59. The number of ether oxygens (including phenoxy) is 1. The second-order valence-corrected chi connectivity index (χ2v) is 5.58. The first-order valence-corrected chi connectivity index (χ1v) is 7.94. The minimum atomic E-state index is -0.291. The summed E-state index contributed by atoms with van der Waals surface area (Å²) in [6.07, 6.45) is 0.209. The van der Waals surface area contributed by atoms with Crippen LogP contribution < -0.4 is 10.1 Å². The minimum Gasteiger partial charge on any atom is -0.491 e. The average molecular weight is 331 g/mol. The molecule has 0 aliphatic rings. The maximum absolute atomic E-state index is 13.7. The lowest BCUT2D eigenvalue weighted by Crippen LogP contribution is -2.24. The maximum Gasteiger partial charge on any atom is 0.220 e. The molecule has 0 aliphatic heterocycles. The molecule has 2 N–H and O–H groups in total. The highest BCUT2D eigenvalue weighted by atomic mass is 19.1. The van der Waals surface area contributed by atoms with Gasteiger partial charge in [-0.2, -0.15) is 0 Å². The zero-order chi connectivity index (χ0) is 17.4. The smallest absolute Gasteiger partial charge is 0.220 e. The van der Waals surface area contributed by atoms with E-state index in [4.69, 9.17) is 9.84 Å². The lowest BCUT2D eigenvalue weighted by Gasteiger charge is -2.14. The van der Waals surface area contributed by atoms with Crippen molar-refractivity contribution in [1.29, 1.82) is 0 Å². The lowest BCUT2D eigenvalue weighted by molar-refractivity contribution is -0.121. The zero-order valence-electron chi connectivity index (χ0n) is 13.7. The number of nitrogens with one attached hydrogen (secondary N) is 1. The number of hydrogen-bond acceptors (Lipinski definition) is 3. The van der Waals surface area contributed by atoms with Gasteiger partial charge in [0.05, 0.1) is 6.61 Å². The van der Waals surface area contributed by atoms with Gasteiger partial charge in [-0.15, -0.1) is 0 Å². The highest BCUT2D eigenvalue weighted by Crippen LogP contribution is 2.22. The fourth-order valence-corrected chi connectivity index (χ4v) is 2.48. The van der Waals surface area contributed by atoms with Gasteiger partial charge in [0.25, 0.3) is 0 Å². The van der Waals surface area contributed by atoms with Crippen molar-refractivity contribution in [2.24, 2.45) is 0 Å². The van der Waals surface area contributed by atoms with Crippen molar-refractivity contribution in [1.82, 2.24) is 5.32 Å².